The molecule has 6 nitrogen and oxygen atoms in total. The van der Waals surface area contributed by atoms with Crippen molar-refractivity contribution in [1.82, 2.24) is 20.4 Å². The Morgan fingerprint density at radius 2 is 1.83 bits per heavy atom. The number of carbonyl (C=O) groups excluding carboxylic acids is 1. The van der Waals surface area contributed by atoms with Crippen molar-refractivity contribution in [3.63, 3.8) is 0 Å². The number of amides is 1. The number of methoxy groups -OCH3 is 1. The van der Waals surface area contributed by atoms with Crippen LogP contribution in [0.15, 0.2) is 54.6 Å². The van der Waals surface area contributed by atoms with Crippen molar-refractivity contribution >= 4 is 17.2 Å². The lowest BCUT2D eigenvalue weighted by atomic mass is 9.98. The summed E-state index contributed by atoms with van der Waals surface area (Å²) in [5, 5.41) is 13.8. The molecule has 1 aliphatic heterocycles. The summed E-state index contributed by atoms with van der Waals surface area (Å²) >= 11 is 1.64. The van der Waals surface area contributed by atoms with E-state index in [1.54, 1.807) is 18.4 Å². The Bertz CT molecular complexity index is 968. The number of aromatic nitrogens is 2. The molecule has 2 heterocycles. The number of nitrogens with zero attached hydrogens (tertiary/aromatic N) is 3. The summed E-state index contributed by atoms with van der Waals surface area (Å²) in [4.78, 5) is 14.5. The number of rotatable bonds is 7. The van der Waals surface area contributed by atoms with E-state index in [0.717, 1.165) is 52.8 Å². The van der Waals surface area contributed by atoms with Gasteiger partial charge in [0, 0.05) is 12.5 Å². The van der Waals surface area contributed by atoms with Gasteiger partial charge in [-0.25, -0.2) is 0 Å². The first-order valence-electron chi connectivity index (χ1n) is 10.2. The van der Waals surface area contributed by atoms with Gasteiger partial charge >= 0.3 is 0 Å². The Kier molecular flexibility index (Phi) is 6.71. The van der Waals surface area contributed by atoms with Gasteiger partial charge in [0.1, 0.15) is 10.8 Å². The Balaban J connectivity index is 1.28. The molecule has 30 heavy (non-hydrogen) atoms. The number of para-hydroxylation sites is 1. The van der Waals surface area contributed by atoms with E-state index in [1.807, 2.05) is 54.6 Å². The first-order chi connectivity index (χ1) is 14.7. The maximum absolute atomic E-state index is 12.3. The van der Waals surface area contributed by atoms with Crippen LogP contribution in [-0.2, 0) is 11.3 Å². The molecule has 0 atom stereocenters. The van der Waals surface area contributed by atoms with Crippen molar-refractivity contribution in [3.05, 3.63) is 65.2 Å². The van der Waals surface area contributed by atoms with Crippen LogP contribution < -0.4 is 10.1 Å². The fraction of sp³-hybridized carbons (Fsp3) is 0.348. The third-order valence-electron chi connectivity index (χ3n) is 5.41. The van der Waals surface area contributed by atoms with E-state index in [0.29, 0.717) is 19.0 Å². The van der Waals surface area contributed by atoms with Crippen molar-refractivity contribution < 1.29 is 9.53 Å². The summed E-state index contributed by atoms with van der Waals surface area (Å²) < 4.78 is 5.45. The zero-order valence-corrected chi connectivity index (χ0v) is 17.9. The van der Waals surface area contributed by atoms with Gasteiger partial charge in [-0.3, -0.25) is 9.69 Å². The molecule has 0 bridgehead atoms. The quantitative estimate of drug-likeness (QED) is 0.629. The summed E-state index contributed by atoms with van der Waals surface area (Å²) in [6, 6.07) is 17.9. The minimum absolute atomic E-state index is 0.0756. The molecule has 0 aliphatic carbocycles. The number of piperidine rings is 1. The second-order valence-corrected chi connectivity index (χ2v) is 8.47. The maximum Gasteiger partial charge on any atom is 0.234 e. The number of hydrogen-bond donors (Lipinski definition) is 1. The van der Waals surface area contributed by atoms with Crippen molar-refractivity contribution in [2.45, 2.75) is 25.3 Å². The number of likely N-dealkylation sites (tertiary alicyclic amines) is 1. The number of nitrogens with one attached hydrogen (secondary N) is 1. The number of carbonyl (C=O) groups is 1. The largest absolute Gasteiger partial charge is 0.496 e. The van der Waals surface area contributed by atoms with Gasteiger partial charge in [0.2, 0.25) is 5.91 Å². The van der Waals surface area contributed by atoms with E-state index in [9.17, 15) is 4.79 Å². The van der Waals surface area contributed by atoms with E-state index < -0.39 is 0 Å². The lowest BCUT2D eigenvalue weighted by Crippen LogP contribution is -2.41. The van der Waals surface area contributed by atoms with Gasteiger partial charge in [-0.15, -0.1) is 10.2 Å². The molecular weight excluding hydrogens is 396 g/mol. The minimum atomic E-state index is 0.0756. The molecule has 1 amide bonds. The van der Waals surface area contributed by atoms with E-state index in [4.69, 9.17) is 4.74 Å². The van der Waals surface area contributed by atoms with Gasteiger partial charge in [-0.1, -0.05) is 53.8 Å². The average Bonchev–Trinajstić information content (AvgIpc) is 3.29. The predicted molar refractivity (Wildman–Crippen MR) is 119 cm³/mol. The van der Waals surface area contributed by atoms with E-state index in [-0.39, 0.29) is 5.91 Å². The SMILES string of the molecule is COc1ccccc1-c1nnc(C2CCN(CC(=O)NCc3ccccc3)CC2)s1. The third kappa shape index (κ3) is 5.04. The summed E-state index contributed by atoms with van der Waals surface area (Å²) in [5.74, 6) is 1.29. The highest BCUT2D eigenvalue weighted by Gasteiger charge is 2.25. The van der Waals surface area contributed by atoms with Crippen LogP contribution in [0.2, 0.25) is 0 Å². The van der Waals surface area contributed by atoms with Gasteiger partial charge in [0.15, 0.2) is 5.01 Å². The number of hydrogen-bond acceptors (Lipinski definition) is 6. The Hall–Kier alpha value is -2.77. The lowest BCUT2D eigenvalue weighted by Gasteiger charge is -2.30. The highest BCUT2D eigenvalue weighted by Crippen LogP contribution is 2.36. The fourth-order valence-corrected chi connectivity index (χ4v) is 4.77. The topological polar surface area (TPSA) is 67.4 Å². The normalized spacial score (nSPS) is 15.1. The highest BCUT2D eigenvalue weighted by molar-refractivity contribution is 7.14. The molecule has 1 saturated heterocycles. The molecule has 0 saturated carbocycles. The molecule has 1 fully saturated rings. The smallest absolute Gasteiger partial charge is 0.234 e. The van der Waals surface area contributed by atoms with Gasteiger partial charge in [0.05, 0.1) is 19.2 Å². The molecule has 7 heteroatoms. The molecule has 4 rings (SSSR count). The van der Waals surface area contributed by atoms with Crippen LogP contribution in [0.3, 0.4) is 0 Å². The first kappa shape index (κ1) is 20.5. The molecule has 0 spiro atoms. The fourth-order valence-electron chi connectivity index (χ4n) is 3.72. The molecule has 156 valence electrons. The highest BCUT2D eigenvalue weighted by atomic mass is 32.1. The zero-order valence-electron chi connectivity index (χ0n) is 17.1. The molecule has 1 N–H and O–H groups in total. The second-order valence-electron chi connectivity index (χ2n) is 7.46. The summed E-state index contributed by atoms with van der Waals surface area (Å²) in [7, 11) is 1.67. The van der Waals surface area contributed by atoms with E-state index in [2.05, 4.69) is 20.4 Å². The van der Waals surface area contributed by atoms with E-state index in [1.165, 1.54) is 0 Å². The predicted octanol–water partition coefficient (Wildman–Crippen LogP) is 3.71. The number of ether oxygens (including phenoxy) is 1. The van der Waals surface area contributed by atoms with Crippen LogP contribution in [0.4, 0.5) is 0 Å². The van der Waals surface area contributed by atoms with Gasteiger partial charge in [-0.05, 0) is 43.6 Å². The summed E-state index contributed by atoms with van der Waals surface area (Å²) in [6.45, 7) is 2.81. The van der Waals surface area contributed by atoms with Crippen molar-refractivity contribution in [2.24, 2.45) is 0 Å². The monoisotopic (exact) mass is 422 g/mol. The second kappa shape index (κ2) is 9.82. The lowest BCUT2D eigenvalue weighted by molar-refractivity contribution is -0.122. The third-order valence-corrected chi connectivity index (χ3v) is 6.53. The van der Waals surface area contributed by atoms with Gasteiger partial charge in [-0.2, -0.15) is 0 Å². The van der Waals surface area contributed by atoms with Gasteiger partial charge < -0.3 is 10.1 Å². The zero-order chi connectivity index (χ0) is 20.8. The molecule has 2 aromatic carbocycles. The average molecular weight is 423 g/mol. The Morgan fingerprint density at radius 1 is 1.10 bits per heavy atom. The minimum Gasteiger partial charge on any atom is -0.496 e. The van der Waals surface area contributed by atoms with E-state index >= 15 is 0 Å². The molecule has 0 unspecified atom stereocenters. The Labute approximate surface area is 180 Å². The van der Waals surface area contributed by atoms with Crippen molar-refractivity contribution in [2.75, 3.05) is 26.7 Å². The Morgan fingerprint density at radius 3 is 2.60 bits per heavy atom. The first-order valence-corrected chi connectivity index (χ1v) is 11.0. The van der Waals surface area contributed by atoms with Crippen molar-refractivity contribution in [3.8, 4) is 16.3 Å². The molecule has 1 aliphatic rings. The number of benzene rings is 2. The van der Waals surface area contributed by atoms with Gasteiger partial charge in [0.25, 0.3) is 0 Å². The summed E-state index contributed by atoms with van der Waals surface area (Å²) in [6.07, 6.45) is 1.99. The van der Waals surface area contributed by atoms with Crippen LogP contribution in [0.5, 0.6) is 5.75 Å². The molecule has 1 aromatic heterocycles. The molecule has 3 aromatic rings. The van der Waals surface area contributed by atoms with Crippen molar-refractivity contribution in [1.29, 1.82) is 0 Å². The van der Waals surface area contributed by atoms with Crippen LogP contribution in [0.25, 0.3) is 10.6 Å². The standard InChI is InChI=1S/C23H26N4O2S/c1-29-20-10-6-5-9-19(20)23-26-25-22(30-23)18-11-13-27(14-12-18)16-21(28)24-15-17-7-3-2-4-8-17/h2-10,18H,11-16H2,1H3,(H,24,28). The van der Waals surface area contributed by atoms with Crippen LogP contribution >= 0.6 is 11.3 Å². The van der Waals surface area contributed by atoms with Crippen LogP contribution in [-0.4, -0.2) is 47.7 Å². The molecule has 0 radical (unpaired) electrons. The summed E-state index contributed by atoms with van der Waals surface area (Å²) in [5.41, 5.74) is 2.10. The maximum atomic E-state index is 12.3. The molecular formula is C23H26N4O2S. The van der Waals surface area contributed by atoms with Crippen LogP contribution in [0.1, 0.15) is 29.3 Å². The van der Waals surface area contributed by atoms with Crippen LogP contribution in [0, 0.1) is 0 Å².